The van der Waals surface area contributed by atoms with Gasteiger partial charge in [-0.1, -0.05) is 40.2 Å². The summed E-state index contributed by atoms with van der Waals surface area (Å²) in [6, 6.07) is 15.8. The minimum absolute atomic E-state index is 0.236. The summed E-state index contributed by atoms with van der Waals surface area (Å²) in [5.74, 6) is 0.788. The van der Waals surface area contributed by atoms with Crippen molar-refractivity contribution in [1.82, 2.24) is 10.2 Å². The highest BCUT2D eigenvalue weighted by Gasteiger charge is 2.31. The van der Waals surface area contributed by atoms with E-state index in [4.69, 9.17) is 4.74 Å². The van der Waals surface area contributed by atoms with Crippen LogP contribution in [0.4, 0.5) is 4.39 Å². The van der Waals surface area contributed by atoms with Gasteiger partial charge in [0.1, 0.15) is 18.5 Å². The van der Waals surface area contributed by atoms with Crippen molar-refractivity contribution in [2.75, 3.05) is 6.54 Å². The molecule has 1 heterocycles. The molecule has 2 atom stereocenters. The van der Waals surface area contributed by atoms with Gasteiger partial charge in [-0.15, -0.1) is 0 Å². The first-order chi connectivity index (χ1) is 12.1. The average Bonchev–Trinajstić information content (AvgIpc) is 2.94. The van der Waals surface area contributed by atoms with Crippen LogP contribution in [0.25, 0.3) is 0 Å². The van der Waals surface area contributed by atoms with Crippen molar-refractivity contribution in [2.24, 2.45) is 0 Å². The minimum Gasteiger partial charge on any atom is -0.489 e. The maximum Gasteiger partial charge on any atom is 0.208 e. The molecule has 0 aliphatic carbocycles. The Labute approximate surface area is 155 Å². The zero-order chi connectivity index (χ0) is 17.6. The van der Waals surface area contributed by atoms with Gasteiger partial charge in [0.15, 0.2) is 0 Å². The van der Waals surface area contributed by atoms with Gasteiger partial charge >= 0.3 is 0 Å². The number of hydrogen-bond donors (Lipinski definition) is 1. The van der Waals surface area contributed by atoms with E-state index in [0.717, 1.165) is 21.3 Å². The van der Waals surface area contributed by atoms with Gasteiger partial charge in [-0.2, -0.15) is 0 Å². The van der Waals surface area contributed by atoms with Gasteiger partial charge in [-0.3, -0.25) is 9.69 Å². The summed E-state index contributed by atoms with van der Waals surface area (Å²) in [6.07, 6.45) is -0.161. The third-order valence-corrected chi connectivity index (χ3v) is 4.71. The predicted octanol–water partition coefficient (Wildman–Crippen LogP) is 3.64. The Morgan fingerprint density at radius 1 is 1.24 bits per heavy atom. The first-order valence-corrected chi connectivity index (χ1v) is 8.97. The van der Waals surface area contributed by atoms with Crippen molar-refractivity contribution in [2.45, 2.75) is 31.9 Å². The van der Waals surface area contributed by atoms with Crippen LogP contribution in [-0.4, -0.2) is 30.2 Å². The highest BCUT2D eigenvalue weighted by molar-refractivity contribution is 9.10. The van der Waals surface area contributed by atoms with Crippen molar-refractivity contribution >= 4 is 22.3 Å². The van der Waals surface area contributed by atoms with E-state index in [0.29, 0.717) is 32.5 Å². The highest BCUT2D eigenvalue weighted by atomic mass is 79.9. The number of hydrogen-bond acceptors (Lipinski definition) is 3. The predicted molar refractivity (Wildman–Crippen MR) is 97.8 cm³/mol. The standard InChI is InChI=1S/C19H20BrFN2O2/c20-16-3-1-2-15(8-16)12-25-18-6-4-14(5-7-18)10-23-11-17(21)9-19(23)22-13-24/h1-8,13,17,19H,9-12H2,(H,22,24)/t17-,19-/m0/s1. The second-order valence-corrected chi connectivity index (χ2v) is 7.04. The van der Waals surface area contributed by atoms with Crippen molar-refractivity contribution in [3.05, 3.63) is 64.1 Å². The van der Waals surface area contributed by atoms with E-state index < -0.39 is 6.17 Å². The SMILES string of the molecule is O=CN[C@@H]1C[C@H](F)CN1Cc1ccc(OCc2cccc(Br)c2)cc1. The van der Waals surface area contributed by atoms with E-state index in [1.807, 2.05) is 53.4 Å². The Hall–Kier alpha value is -1.92. The molecule has 3 rings (SSSR count). The van der Waals surface area contributed by atoms with Gasteiger partial charge in [0.05, 0.1) is 6.17 Å². The fraction of sp³-hybridized carbons (Fsp3) is 0.316. The van der Waals surface area contributed by atoms with E-state index in [-0.39, 0.29) is 6.17 Å². The molecule has 1 aliphatic rings. The Balaban J connectivity index is 1.56. The normalized spacial score (nSPS) is 20.4. The number of carbonyl (C=O) groups is 1. The largest absolute Gasteiger partial charge is 0.489 e. The van der Waals surface area contributed by atoms with Gasteiger partial charge in [0.25, 0.3) is 0 Å². The molecule has 1 aliphatic heterocycles. The number of nitrogens with zero attached hydrogens (tertiary/aromatic N) is 1. The summed E-state index contributed by atoms with van der Waals surface area (Å²) in [5.41, 5.74) is 2.15. The minimum atomic E-state index is -0.898. The number of ether oxygens (including phenoxy) is 1. The molecule has 4 nitrogen and oxygen atoms in total. The zero-order valence-electron chi connectivity index (χ0n) is 13.7. The van der Waals surface area contributed by atoms with E-state index in [9.17, 15) is 9.18 Å². The molecular weight excluding hydrogens is 387 g/mol. The van der Waals surface area contributed by atoms with Crippen LogP contribution in [0.3, 0.4) is 0 Å². The van der Waals surface area contributed by atoms with Gasteiger partial charge in [-0.25, -0.2) is 4.39 Å². The molecule has 132 valence electrons. The van der Waals surface area contributed by atoms with Crippen LogP contribution in [0.15, 0.2) is 53.0 Å². The molecule has 2 aromatic rings. The molecule has 25 heavy (non-hydrogen) atoms. The lowest BCUT2D eigenvalue weighted by Crippen LogP contribution is -2.39. The summed E-state index contributed by atoms with van der Waals surface area (Å²) in [7, 11) is 0. The van der Waals surface area contributed by atoms with Crippen LogP contribution in [0, 0.1) is 0 Å². The lowest BCUT2D eigenvalue weighted by molar-refractivity contribution is -0.111. The number of benzene rings is 2. The number of halogens is 2. The summed E-state index contributed by atoms with van der Waals surface area (Å²) in [5, 5.41) is 2.68. The zero-order valence-corrected chi connectivity index (χ0v) is 15.3. The van der Waals surface area contributed by atoms with E-state index in [1.54, 1.807) is 0 Å². The molecule has 1 fully saturated rings. The van der Waals surface area contributed by atoms with Crippen molar-refractivity contribution in [3.63, 3.8) is 0 Å². The van der Waals surface area contributed by atoms with Crippen molar-refractivity contribution < 1.29 is 13.9 Å². The molecular formula is C19H20BrFN2O2. The lowest BCUT2D eigenvalue weighted by atomic mass is 10.2. The quantitative estimate of drug-likeness (QED) is 0.713. The third kappa shape index (κ3) is 5.03. The van der Waals surface area contributed by atoms with Crippen LogP contribution >= 0.6 is 15.9 Å². The first-order valence-electron chi connectivity index (χ1n) is 8.18. The van der Waals surface area contributed by atoms with Crippen molar-refractivity contribution in [3.8, 4) is 5.75 Å². The first kappa shape index (κ1) is 17.9. The number of carbonyl (C=O) groups excluding carboxylic acids is 1. The van der Waals surface area contributed by atoms with Crippen LogP contribution in [0.5, 0.6) is 5.75 Å². The van der Waals surface area contributed by atoms with Gasteiger partial charge in [-0.05, 0) is 35.4 Å². The molecule has 0 bridgehead atoms. The topological polar surface area (TPSA) is 41.6 Å². The Morgan fingerprint density at radius 2 is 2.04 bits per heavy atom. The smallest absolute Gasteiger partial charge is 0.208 e. The molecule has 1 amide bonds. The molecule has 1 N–H and O–H groups in total. The fourth-order valence-corrected chi connectivity index (χ4v) is 3.44. The summed E-state index contributed by atoms with van der Waals surface area (Å²) < 4.78 is 20.4. The van der Waals surface area contributed by atoms with E-state index >= 15 is 0 Å². The molecule has 0 unspecified atom stereocenters. The Kier molecular flexibility index (Phi) is 6.04. The maximum atomic E-state index is 13.6. The van der Waals surface area contributed by atoms with E-state index in [1.165, 1.54) is 0 Å². The second kappa shape index (κ2) is 8.45. The summed E-state index contributed by atoms with van der Waals surface area (Å²) in [4.78, 5) is 12.6. The van der Waals surface area contributed by atoms with Gasteiger partial charge in [0, 0.05) is 24.0 Å². The fourth-order valence-electron chi connectivity index (χ4n) is 2.99. The van der Waals surface area contributed by atoms with Gasteiger partial charge in [0.2, 0.25) is 6.41 Å². The maximum absolute atomic E-state index is 13.6. The van der Waals surface area contributed by atoms with Crippen LogP contribution in [0.2, 0.25) is 0 Å². The van der Waals surface area contributed by atoms with Crippen molar-refractivity contribution in [1.29, 1.82) is 0 Å². The lowest BCUT2D eigenvalue weighted by Gasteiger charge is -2.23. The van der Waals surface area contributed by atoms with Crippen LogP contribution in [0.1, 0.15) is 17.5 Å². The average molecular weight is 407 g/mol. The summed E-state index contributed by atoms with van der Waals surface area (Å²) in [6.45, 7) is 1.43. The third-order valence-electron chi connectivity index (χ3n) is 4.22. The Bertz CT molecular complexity index is 711. The highest BCUT2D eigenvalue weighted by Crippen LogP contribution is 2.22. The number of amides is 1. The molecule has 0 radical (unpaired) electrons. The molecule has 0 saturated carbocycles. The number of alkyl halides is 1. The number of rotatable bonds is 7. The molecule has 0 aromatic heterocycles. The molecule has 2 aromatic carbocycles. The van der Waals surface area contributed by atoms with Crippen LogP contribution in [-0.2, 0) is 17.9 Å². The summed E-state index contributed by atoms with van der Waals surface area (Å²) >= 11 is 3.45. The molecule has 0 spiro atoms. The second-order valence-electron chi connectivity index (χ2n) is 6.13. The number of likely N-dealkylation sites (tertiary alicyclic amines) is 1. The van der Waals surface area contributed by atoms with Crippen LogP contribution < -0.4 is 10.1 Å². The monoisotopic (exact) mass is 406 g/mol. The van der Waals surface area contributed by atoms with E-state index in [2.05, 4.69) is 21.2 Å². The number of nitrogens with one attached hydrogen (secondary N) is 1. The molecule has 6 heteroatoms. The molecule has 1 saturated heterocycles. The van der Waals surface area contributed by atoms with Gasteiger partial charge < -0.3 is 10.1 Å². The Morgan fingerprint density at radius 3 is 2.76 bits per heavy atom.